The molecule has 0 aromatic heterocycles. The van der Waals surface area contributed by atoms with Crippen molar-refractivity contribution in [3.05, 3.63) is 81.9 Å². The Balaban J connectivity index is 1.73. The molecule has 0 unspecified atom stereocenters. The number of hydrogen-bond donors (Lipinski definition) is 0. The summed E-state index contributed by atoms with van der Waals surface area (Å²) in [5, 5.41) is 0. The average Bonchev–Trinajstić information content (AvgIpc) is 3.19. The Morgan fingerprint density at radius 3 is 1.78 bits per heavy atom. The first-order chi connectivity index (χ1) is 17.8. The van der Waals surface area contributed by atoms with E-state index in [1.54, 1.807) is 0 Å². The highest BCUT2D eigenvalue weighted by atomic mass is 16.6. The molecule has 37 heavy (non-hydrogen) atoms. The van der Waals surface area contributed by atoms with Crippen LogP contribution in [0.5, 0.6) is 11.5 Å². The fraction of sp³-hybridized carbons (Fsp3) is 0.406. The number of nitrogens with zero attached hydrogens (tertiary/aromatic N) is 2. The van der Waals surface area contributed by atoms with E-state index in [1.165, 1.54) is 0 Å². The molecule has 1 spiro atoms. The summed E-state index contributed by atoms with van der Waals surface area (Å²) < 4.78 is 13.1. The average molecular weight is 499 g/mol. The van der Waals surface area contributed by atoms with Gasteiger partial charge >= 0.3 is 5.97 Å². The molecule has 5 nitrogen and oxygen atoms in total. The molecule has 3 aromatic rings. The lowest BCUT2D eigenvalue weighted by Crippen LogP contribution is -2.34. The first-order valence-electron chi connectivity index (χ1n) is 13.5. The van der Waals surface area contributed by atoms with E-state index in [2.05, 4.69) is 75.9 Å². The molecule has 0 N–H and O–H groups in total. The molecule has 194 valence electrons. The number of carbonyl (C=O) groups excluding carboxylic acids is 1. The van der Waals surface area contributed by atoms with Gasteiger partial charge in [0, 0.05) is 67.4 Å². The number of benzene rings is 3. The fourth-order valence-corrected chi connectivity index (χ4v) is 5.81. The second kappa shape index (κ2) is 9.77. The van der Waals surface area contributed by atoms with Gasteiger partial charge in [-0.3, -0.25) is 0 Å². The largest absolute Gasteiger partial charge is 0.456 e. The number of anilines is 2. The van der Waals surface area contributed by atoms with Crippen LogP contribution in [0.4, 0.5) is 11.4 Å². The number of carbonyl (C=O) groups is 1. The second-order valence-electron chi connectivity index (χ2n) is 10.5. The molecule has 2 aliphatic heterocycles. The summed E-state index contributed by atoms with van der Waals surface area (Å²) in [6.45, 7) is 10.6. The van der Waals surface area contributed by atoms with Crippen molar-refractivity contribution in [3.8, 4) is 11.5 Å². The normalized spacial score (nSPS) is 14.5. The number of ether oxygens (including phenoxy) is 2. The van der Waals surface area contributed by atoms with E-state index in [0.717, 1.165) is 89.5 Å². The van der Waals surface area contributed by atoms with Gasteiger partial charge in [0.1, 0.15) is 11.5 Å². The molecule has 2 heterocycles. The topological polar surface area (TPSA) is 42.0 Å². The number of fused-ring (bicyclic) bond motifs is 6. The Kier molecular flexibility index (Phi) is 6.65. The third-order valence-corrected chi connectivity index (χ3v) is 7.86. The monoisotopic (exact) mass is 498 g/mol. The van der Waals surface area contributed by atoms with Gasteiger partial charge in [-0.15, -0.1) is 0 Å². The lowest BCUT2D eigenvalue weighted by molar-refractivity contribution is 0.0224. The summed E-state index contributed by atoms with van der Waals surface area (Å²) in [6, 6.07) is 16.3. The quantitative estimate of drug-likeness (QED) is 0.304. The SMILES string of the molecule is CCCCN(C)c1cc2c(cc1C)C1(OC(=O)c3ccccc31)c1cc(C)c(N(C)CCCC)cc1O2. The van der Waals surface area contributed by atoms with E-state index in [4.69, 9.17) is 9.47 Å². The summed E-state index contributed by atoms with van der Waals surface area (Å²) >= 11 is 0. The first kappa shape index (κ1) is 25.2. The Morgan fingerprint density at radius 2 is 1.27 bits per heavy atom. The Hall–Kier alpha value is -3.47. The maximum Gasteiger partial charge on any atom is 0.340 e. The molecule has 0 bridgehead atoms. The van der Waals surface area contributed by atoms with Crippen molar-refractivity contribution in [3.63, 3.8) is 0 Å². The molecule has 2 aliphatic rings. The molecular formula is C32H38N2O3. The van der Waals surface area contributed by atoms with Gasteiger partial charge in [-0.05, 0) is 56.0 Å². The highest BCUT2D eigenvalue weighted by Gasteiger charge is 2.54. The van der Waals surface area contributed by atoms with Crippen molar-refractivity contribution in [1.82, 2.24) is 0 Å². The zero-order valence-electron chi connectivity index (χ0n) is 23.0. The third-order valence-electron chi connectivity index (χ3n) is 7.86. The van der Waals surface area contributed by atoms with Crippen LogP contribution in [0.2, 0.25) is 0 Å². The van der Waals surface area contributed by atoms with Gasteiger partial charge in [-0.25, -0.2) is 4.79 Å². The highest BCUT2D eigenvalue weighted by molar-refractivity contribution is 5.97. The molecular weight excluding hydrogens is 460 g/mol. The van der Waals surface area contributed by atoms with Crippen molar-refractivity contribution < 1.29 is 14.3 Å². The van der Waals surface area contributed by atoms with Crippen LogP contribution >= 0.6 is 0 Å². The maximum atomic E-state index is 13.2. The molecule has 0 saturated carbocycles. The molecule has 0 atom stereocenters. The van der Waals surface area contributed by atoms with Gasteiger partial charge in [0.15, 0.2) is 5.60 Å². The lowest BCUT2D eigenvalue weighted by Gasteiger charge is -2.38. The van der Waals surface area contributed by atoms with E-state index >= 15 is 0 Å². The molecule has 0 fully saturated rings. The van der Waals surface area contributed by atoms with Gasteiger partial charge < -0.3 is 19.3 Å². The first-order valence-corrected chi connectivity index (χ1v) is 13.5. The molecule has 0 aliphatic carbocycles. The van der Waals surface area contributed by atoms with Crippen LogP contribution in [0.1, 0.15) is 77.7 Å². The second-order valence-corrected chi connectivity index (χ2v) is 10.5. The predicted molar refractivity (Wildman–Crippen MR) is 151 cm³/mol. The smallest absolute Gasteiger partial charge is 0.340 e. The molecule has 0 amide bonds. The summed E-state index contributed by atoms with van der Waals surface area (Å²) in [6.07, 6.45) is 4.53. The van der Waals surface area contributed by atoms with Gasteiger partial charge in [0.05, 0.1) is 5.56 Å². The molecule has 5 heteroatoms. The summed E-state index contributed by atoms with van der Waals surface area (Å²) in [4.78, 5) is 17.8. The van der Waals surface area contributed by atoms with Gasteiger partial charge in [-0.1, -0.05) is 44.9 Å². The summed E-state index contributed by atoms with van der Waals surface area (Å²) in [7, 11) is 4.26. The molecule has 5 rings (SSSR count). The number of unbranched alkanes of at least 4 members (excludes halogenated alkanes) is 2. The van der Waals surface area contributed by atoms with Crippen LogP contribution in [-0.2, 0) is 10.3 Å². The van der Waals surface area contributed by atoms with E-state index in [0.29, 0.717) is 5.56 Å². The zero-order chi connectivity index (χ0) is 26.3. The van der Waals surface area contributed by atoms with Crippen LogP contribution < -0.4 is 14.5 Å². The van der Waals surface area contributed by atoms with Crippen molar-refractivity contribution in [2.75, 3.05) is 37.0 Å². The maximum absolute atomic E-state index is 13.2. The minimum Gasteiger partial charge on any atom is -0.456 e. The van der Waals surface area contributed by atoms with E-state index < -0.39 is 5.60 Å². The van der Waals surface area contributed by atoms with Crippen LogP contribution in [0.25, 0.3) is 0 Å². The van der Waals surface area contributed by atoms with Crippen LogP contribution in [0.3, 0.4) is 0 Å². The van der Waals surface area contributed by atoms with Crippen LogP contribution in [-0.4, -0.2) is 33.2 Å². The molecule has 0 radical (unpaired) electrons. The minimum absolute atomic E-state index is 0.294. The minimum atomic E-state index is -1.03. The van der Waals surface area contributed by atoms with E-state index in [-0.39, 0.29) is 5.97 Å². The van der Waals surface area contributed by atoms with Crippen LogP contribution in [0, 0.1) is 13.8 Å². The number of rotatable bonds is 8. The standard InChI is InChI=1S/C32H38N2O3/c1-7-9-15-33(5)27-19-29-25(17-21(27)3)32(24-14-12-11-13-23(24)31(35)37-32)26-18-22(4)28(20-30(26)36-29)34(6)16-10-8-2/h11-14,17-20H,7-10,15-16H2,1-6H3. The summed E-state index contributed by atoms with van der Waals surface area (Å²) in [5.74, 6) is 1.19. The zero-order valence-corrected chi connectivity index (χ0v) is 23.0. The van der Waals surface area contributed by atoms with Gasteiger partial charge in [0.2, 0.25) is 0 Å². The fourth-order valence-electron chi connectivity index (χ4n) is 5.81. The van der Waals surface area contributed by atoms with Crippen molar-refractivity contribution in [2.45, 2.75) is 59.0 Å². The predicted octanol–water partition coefficient (Wildman–Crippen LogP) is 7.34. The summed E-state index contributed by atoms with van der Waals surface area (Å²) in [5.41, 5.74) is 6.77. The third kappa shape index (κ3) is 4.05. The van der Waals surface area contributed by atoms with Crippen molar-refractivity contribution >= 4 is 17.3 Å². The van der Waals surface area contributed by atoms with E-state index in [9.17, 15) is 4.79 Å². The Labute approximate surface area is 221 Å². The molecule has 3 aromatic carbocycles. The molecule has 0 saturated heterocycles. The number of aryl methyl sites for hydroxylation is 2. The highest BCUT2D eigenvalue weighted by Crippen LogP contribution is 2.57. The number of esters is 1. The Bertz CT molecular complexity index is 1280. The van der Waals surface area contributed by atoms with Gasteiger partial charge in [0.25, 0.3) is 0 Å². The van der Waals surface area contributed by atoms with Crippen molar-refractivity contribution in [2.24, 2.45) is 0 Å². The Morgan fingerprint density at radius 1 is 0.757 bits per heavy atom. The van der Waals surface area contributed by atoms with Gasteiger partial charge in [-0.2, -0.15) is 0 Å². The van der Waals surface area contributed by atoms with Crippen LogP contribution in [0.15, 0.2) is 48.5 Å². The van der Waals surface area contributed by atoms with E-state index in [1.807, 2.05) is 24.3 Å². The lowest BCUT2D eigenvalue weighted by atomic mass is 9.76. The number of hydrogen-bond acceptors (Lipinski definition) is 5. The van der Waals surface area contributed by atoms with Crippen molar-refractivity contribution in [1.29, 1.82) is 0 Å².